The number of carbonyl (C=O) groups excluding carboxylic acids is 1. The van der Waals surface area contributed by atoms with Crippen molar-refractivity contribution in [2.24, 2.45) is 11.8 Å². The zero-order valence-corrected chi connectivity index (χ0v) is 6.68. The molecule has 2 atom stereocenters. The van der Waals surface area contributed by atoms with Crippen LogP contribution in [0.5, 0.6) is 0 Å². The Morgan fingerprint density at radius 3 is 2.90 bits per heavy atom. The van der Waals surface area contributed by atoms with Crippen molar-refractivity contribution in [1.29, 1.82) is 0 Å². The van der Waals surface area contributed by atoms with Gasteiger partial charge < -0.3 is 5.32 Å². The first-order chi connectivity index (χ1) is 4.74. The minimum Gasteiger partial charge on any atom is -0.356 e. The van der Waals surface area contributed by atoms with E-state index in [1.165, 1.54) is 6.42 Å². The van der Waals surface area contributed by atoms with Gasteiger partial charge in [0.25, 0.3) is 0 Å². The number of hydrogen-bond donors (Lipinski definition) is 1. The van der Waals surface area contributed by atoms with Crippen molar-refractivity contribution in [3.05, 3.63) is 0 Å². The van der Waals surface area contributed by atoms with Crippen LogP contribution in [-0.2, 0) is 4.79 Å². The van der Waals surface area contributed by atoms with Gasteiger partial charge in [0.15, 0.2) is 0 Å². The molecule has 1 aliphatic heterocycles. The number of nitrogens with one attached hydrogen (secondary N) is 1. The van der Waals surface area contributed by atoms with Gasteiger partial charge >= 0.3 is 0 Å². The Balaban J connectivity index is 2.36. The molecule has 1 saturated heterocycles. The fourth-order valence-corrected chi connectivity index (χ4v) is 1.36. The molecular weight excluding hydrogens is 126 g/mol. The van der Waals surface area contributed by atoms with Crippen molar-refractivity contribution in [1.82, 2.24) is 5.32 Å². The van der Waals surface area contributed by atoms with Crippen LogP contribution in [0.4, 0.5) is 0 Å². The largest absolute Gasteiger partial charge is 0.356 e. The molecule has 1 rings (SSSR count). The van der Waals surface area contributed by atoms with Crippen LogP contribution in [0.15, 0.2) is 0 Å². The van der Waals surface area contributed by atoms with Gasteiger partial charge in [0, 0.05) is 13.0 Å². The lowest BCUT2D eigenvalue weighted by Gasteiger charge is -2.13. The van der Waals surface area contributed by atoms with E-state index in [1.54, 1.807) is 0 Å². The molecule has 0 aliphatic carbocycles. The lowest BCUT2D eigenvalue weighted by Crippen LogP contribution is -2.16. The minimum atomic E-state index is 0.227. The number of rotatable bonds is 2. The van der Waals surface area contributed by atoms with E-state index in [-0.39, 0.29) is 5.91 Å². The summed E-state index contributed by atoms with van der Waals surface area (Å²) in [6, 6.07) is 0. The number of hydrogen-bond acceptors (Lipinski definition) is 1. The third-order valence-electron chi connectivity index (χ3n) is 2.46. The van der Waals surface area contributed by atoms with E-state index < -0.39 is 0 Å². The maximum absolute atomic E-state index is 10.8. The molecule has 1 fully saturated rings. The molecule has 58 valence electrons. The SMILES string of the molecule is CCC(C)[C@@H]1CNC(=O)C1. The molecule has 0 saturated carbocycles. The summed E-state index contributed by atoms with van der Waals surface area (Å²) in [4.78, 5) is 10.8. The van der Waals surface area contributed by atoms with Crippen LogP contribution in [0.25, 0.3) is 0 Å². The zero-order valence-electron chi connectivity index (χ0n) is 6.68. The van der Waals surface area contributed by atoms with E-state index >= 15 is 0 Å². The van der Waals surface area contributed by atoms with Crippen LogP contribution in [-0.4, -0.2) is 12.5 Å². The van der Waals surface area contributed by atoms with Crippen molar-refractivity contribution in [3.63, 3.8) is 0 Å². The van der Waals surface area contributed by atoms with Gasteiger partial charge in [-0.25, -0.2) is 0 Å². The number of amides is 1. The van der Waals surface area contributed by atoms with Crippen LogP contribution in [0.2, 0.25) is 0 Å². The standard InChI is InChI=1S/C8H15NO/c1-3-6(2)7-4-8(10)9-5-7/h6-7H,3-5H2,1-2H3,(H,9,10)/t6?,7-/m0/s1. The van der Waals surface area contributed by atoms with Crippen LogP contribution in [0, 0.1) is 11.8 Å². The summed E-state index contributed by atoms with van der Waals surface area (Å²) in [7, 11) is 0. The fourth-order valence-electron chi connectivity index (χ4n) is 1.36. The molecule has 0 aromatic rings. The molecule has 1 N–H and O–H groups in total. The fraction of sp³-hybridized carbons (Fsp3) is 0.875. The first-order valence-electron chi connectivity index (χ1n) is 4.00. The lowest BCUT2D eigenvalue weighted by atomic mass is 9.91. The van der Waals surface area contributed by atoms with Crippen LogP contribution in [0.1, 0.15) is 26.7 Å². The molecule has 2 nitrogen and oxygen atoms in total. The number of carbonyl (C=O) groups is 1. The van der Waals surface area contributed by atoms with E-state index in [1.807, 2.05) is 0 Å². The molecule has 0 bridgehead atoms. The third kappa shape index (κ3) is 1.49. The topological polar surface area (TPSA) is 29.1 Å². The second-order valence-electron chi connectivity index (χ2n) is 3.15. The Morgan fingerprint density at radius 2 is 2.50 bits per heavy atom. The van der Waals surface area contributed by atoms with Crippen molar-refractivity contribution in [2.75, 3.05) is 6.54 Å². The molecule has 10 heavy (non-hydrogen) atoms. The van der Waals surface area contributed by atoms with E-state index in [4.69, 9.17) is 0 Å². The average molecular weight is 141 g/mol. The summed E-state index contributed by atoms with van der Waals surface area (Å²) in [5.41, 5.74) is 0. The Morgan fingerprint density at radius 1 is 1.80 bits per heavy atom. The van der Waals surface area contributed by atoms with Crippen molar-refractivity contribution < 1.29 is 4.79 Å². The van der Waals surface area contributed by atoms with Crippen molar-refractivity contribution in [3.8, 4) is 0 Å². The highest BCUT2D eigenvalue weighted by Gasteiger charge is 2.24. The average Bonchev–Trinajstić information content (AvgIpc) is 2.34. The van der Waals surface area contributed by atoms with Gasteiger partial charge in [-0.1, -0.05) is 20.3 Å². The monoisotopic (exact) mass is 141 g/mol. The first-order valence-corrected chi connectivity index (χ1v) is 4.00. The van der Waals surface area contributed by atoms with Gasteiger partial charge in [0.1, 0.15) is 0 Å². The smallest absolute Gasteiger partial charge is 0.220 e. The second-order valence-corrected chi connectivity index (χ2v) is 3.15. The molecule has 0 aromatic carbocycles. The lowest BCUT2D eigenvalue weighted by molar-refractivity contribution is -0.119. The summed E-state index contributed by atoms with van der Waals surface area (Å²) in [5.74, 6) is 1.52. The summed E-state index contributed by atoms with van der Waals surface area (Å²) in [6.07, 6.45) is 1.93. The highest BCUT2D eigenvalue weighted by molar-refractivity contribution is 5.78. The molecule has 1 unspecified atom stereocenters. The van der Waals surface area contributed by atoms with Gasteiger partial charge in [-0.15, -0.1) is 0 Å². The molecule has 1 amide bonds. The van der Waals surface area contributed by atoms with E-state index in [0.29, 0.717) is 11.8 Å². The predicted molar refractivity (Wildman–Crippen MR) is 40.6 cm³/mol. The van der Waals surface area contributed by atoms with Crippen LogP contribution in [0.3, 0.4) is 0 Å². The molecule has 0 radical (unpaired) electrons. The van der Waals surface area contributed by atoms with Crippen molar-refractivity contribution >= 4 is 5.91 Å². The van der Waals surface area contributed by atoms with Crippen LogP contribution >= 0.6 is 0 Å². The minimum absolute atomic E-state index is 0.227. The summed E-state index contributed by atoms with van der Waals surface area (Å²) in [6.45, 7) is 5.28. The summed E-state index contributed by atoms with van der Waals surface area (Å²) >= 11 is 0. The quantitative estimate of drug-likeness (QED) is 0.614. The van der Waals surface area contributed by atoms with E-state index in [0.717, 1.165) is 13.0 Å². The van der Waals surface area contributed by atoms with Gasteiger partial charge in [0.05, 0.1) is 0 Å². The Hall–Kier alpha value is -0.530. The maximum atomic E-state index is 10.8. The maximum Gasteiger partial charge on any atom is 0.220 e. The Labute approximate surface area is 62.0 Å². The molecule has 1 heterocycles. The third-order valence-corrected chi connectivity index (χ3v) is 2.46. The predicted octanol–water partition coefficient (Wildman–Crippen LogP) is 1.17. The molecule has 1 aliphatic rings. The molecule has 0 aromatic heterocycles. The van der Waals surface area contributed by atoms with Crippen molar-refractivity contribution in [2.45, 2.75) is 26.7 Å². The normalized spacial score (nSPS) is 28.2. The Bertz CT molecular complexity index is 133. The van der Waals surface area contributed by atoms with Gasteiger partial charge in [-0.2, -0.15) is 0 Å². The highest BCUT2D eigenvalue weighted by atomic mass is 16.1. The Kier molecular flexibility index (Phi) is 2.30. The van der Waals surface area contributed by atoms with E-state index in [2.05, 4.69) is 19.2 Å². The molecule has 0 spiro atoms. The second kappa shape index (κ2) is 3.04. The summed E-state index contributed by atoms with van der Waals surface area (Å²) in [5, 5.41) is 2.85. The van der Waals surface area contributed by atoms with Gasteiger partial charge in [-0.3, -0.25) is 4.79 Å². The summed E-state index contributed by atoms with van der Waals surface area (Å²) < 4.78 is 0. The van der Waals surface area contributed by atoms with Crippen LogP contribution < -0.4 is 5.32 Å². The molecule has 2 heteroatoms. The zero-order chi connectivity index (χ0) is 7.56. The first kappa shape index (κ1) is 7.58. The van der Waals surface area contributed by atoms with Gasteiger partial charge in [0.2, 0.25) is 5.91 Å². The molecular formula is C8H15NO. The highest BCUT2D eigenvalue weighted by Crippen LogP contribution is 2.21. The van der Waals surface area contributed by atoms with E-state index in [9.17, 15) is 4.79 Å². The van der Waals surface area contributed by atoms with Gasteiger partial charge in [-0.05, 0) is 11.8 Å².